The lowest BCUT2D eigenvalue weighted by Gasteiger charge is -2.25. The number of hydrogen-bond acceptors (Lipinski definition) is 3. The number of carboxylic acid groups (broad SMARTS) is 1. The van der Waals surface area contributed by atoms with E-state index < -0.39 is 5.97 Å². The van der Waals surface area contributed by atoms with E-state index in [2.05, 4.69) is 58.1 Å². The number of carboxylic acids is 1. The zero-order chi connectivity index (χ0) is 26.0. The molecule has 1 atom stereocenters. The Kier molecular flexibility index (Phi) is 10.8. The number of amides is 1. The molecular formula is C30H43NO4. The molecule has 0 aliphatic carbocycles. The highest BCUT2D eigenvalue weighted by atomic mass is 16.5. The van der Waals surface area contributed by atoms with Crippen molar-refractivity contribution in [3.8, 4) is 5.75 Å². The third-order valence-electron chi connectivity index (χ3n) is 6.49. The molecule has 0 aliphatic rings. The Labute approximate surface area is 211 Å². The van der Waals surface area contributed by atoms with Crippen molar-refractivity contribution in [1.29, 1.82) is 0 Å². The molecule has 2 N–H and O–H groups in total. The minimum absolute atomic E-state index is 0.0254. The summed E-state index contributed by atoms with van der Waals surface area (Å²) < 4.78 is 5.76. The van der Waals surface area contributed by atoms with Gasteiger partial charge in [0.1, 0.15) is 5.75 Å². The van der Waals surface area contributed by atoms with Gasteiger partial charge in [-0.3, -0.25) is 4.79 Å². The van der Waals surface area contributed by atoms with E-state index in [0.717, 1.165) is 61.8 Å². The predicted molar refractivity (Wildman–Crippen MR) is 144 cm³/mol. The lowest BCUT2D eigenvalue weighted by molar-refractivity contribution is -0.116. The van der Waals surface area contributed by atoms with Crippen molar-refractivity contribution in [2.24, 2.45) is 0 Å². The molecule has 5 heteroatoms. The van der Waals surface area contributed by atoms with Gasteiger partial charge in [-0.1, -0.05) is 78.5 Å². The summed E-state index contributed by atoms with van der Waals surface area (Å²) in [7, 11) is 1.69. The second-order valence-corrected chi connectivity index (χ2v) is 10.4. The quantitative estimate of drug-likeness (QED) is 0.287. The van der Waals surface area contributed by atoms with Crippen LogP contribution < -0.4 is 10.1 Å². The molecule has 0 spiro atoms. The maximum Gasteiger partial charge on any atom is 0.335 e. The van der Waals surface area contributed by atoms with Crippen LogP contribution in [0.4, 0.5) is 5.69 Å². The zero-order valence-electron chi connectivity index (χ0n) is 22.4. The van der Waals surface area contributed by atoms with Crippen molar-refractivity contribution in [2.45, 2.75) is 97.3 Å². The van der Waals surface area contributed by atoms with E-state index >= 15 is 0 Å². The van der Waals surface area contributed by atoms with Crippen LogP contribution in [0.1, 0.15) is 113 Å². The van der Waals surface area contributed by atoms with Crippen molar-refractivity contribution in [3.05, 3.63) is 58.7 Å². The minimum atomic E-state index is -1.01. The van der Waals surface area contributed by atoms with Crippen LogP contribution in [-0.4, -0.2) is 24.1 Å². The van der Waals surface area contributed by atoms with Crippen molar-refractivity contribution >= 4 is 17.6 Å². The molecule has 2 rings (SSSR count). The number of carbonyl (C=O) groups is 2. The van der Waals surface area contributed by atoms with Crippen molar-refractivity contribution in [1.82, 2.24) is 0 Å². The first-order valence-corrected chi connectivity index (χ1v) is 12.9. The number of unbranched alkanes of at least 4 members (excludes halogenated alkanes) is 3. The third kappa shape index (κ3) is 8.41. The van der Waals surface area contributed by atoms with Gasteiger partial charge in [-0.25, -0.2) is 4.79 Å². The zero-order valence-corrected chi connectivity index (χ0v) is 22.4. The van der Waals surface area contributed by atoms with Crippen LogP contribution in [0.3, 0.4) is 0 Å². The molecule has 0 bridgehead atoms. The summed E-state index contributed by atoms with van der Waals surface area (Å²) in [5, 5.41) is 12.5. The third-order valence-corrected chi connectivity index (χ3v) is 6.49. The molecule has 0 aromatic heterocycles. The van der Waals surface area contributed by atoms with Gasteiger partial charge in [0, 0.05) is 12.1 Å². The van der Waals surface area contributed by atoms with Gasteiger partial charge in [-0.15, -0.1) is 0 Å². The summed E-state index contributed by atoms with van der Waals surface area (Å²) in [4.78, 5) is 24.8. The van der Waals surface area contributed by atoms with Gasteiger partial charge < -0.3 is 15.2 Å². The second-order valence-electron chi connectivity index (χ2n) is 10.4. The fraction of sp³-hybridized carbons (Fsp3) is 0.533. The van der Waals surface area contributed by atoms with Gasteiger partial charge in [-0.2, -0.15) is 0 Å². The van der Waals surface area contributed by atoms with Gasteiger partial charge in [0.15, 0.2) is 0 Å². The molecule has 2 aromatic carbocycles. The number of rotatable bonds is 13. The average Bonchev–Trinajstić information content (AvgIpc) is 2.81. The molecule has 0 radical (unpaired) electrons. The molecule has 0 saturated heterocycles. The van der Waals surface area contributed by atoms with E-state index in [-0.39, 0.29) is 22.8 Å². The minimum Gasteiger partial charge on any atom is -0.496 e. The standard InChI is InChI=1S/C30H43NO4/c1-7-9-11-13-22(24-16-14-21(12-10-8-2)18-27(24)35-6)20-28(32)31-26-19-23(29(33)34)15-17-25(26)30(3,4)5/h14-19,22H,7-13,20H2,1-6H3,(H,31,32)(H,33,34). The Hall–Kier alpha value is -2.82. The van der Waals surface area contributed by atoms with E-state index in [1.807, 2.05) is 0 Å². The van der Waals surface area contributed by atoms with Crippen molar-refractivity contribution in [3.63, 3.8) is 0 Å². The molecular weight excluding hydrogens is 438 g/mol. The first-order valence-electron chi connectivity index (χ1n) is 12.9. The first kappa shape index (κ1) is 28.4. The maximum atomic E-state index is 13.3. The van der Waals surface area contributed by atoms with Crippen LogP contribution in [0.25, 0.3) is 0 Å². The van der Waals surface area contributed by atoms with E-state index in [0.29, 0.717) is 12.1 Å². The normalized spacial score (nSPS) is 12.3. The largest absolute Gasteiger partial charge is 0.496 e. The van der Waals surface area contributed by atoms with Crippen LogP contribution in [0.15, 0.2) is 36.4 Å². The van der Waals surface area contributed by atoms with E-state index in [1.165, 1.54) is 5.56 Å². The second kappa shape index (κ2) is 13.3. The Bertz CT molecular complexity index is 990. The monoisotopic (exact) mass is 481 g/mol. The summed E-state index contributed by atoms with van der Waals surface area (Å²) >= 11 is 0. The van der Waals surface area contributed by atoms with E-state index in [4.69, 9.17) is 4.74 Å². The lowest BCUT2D eigenvalue weighted by atomic mass is 9.84. The summed E-state index contributed by atoms with van der Waals surface area (Å²) in [6, 6.07) is 11.4. The smallest absolute Gasteiger partial charge is 0.335 e. The van der Waals surface area contributed by atoms with E-state index in [1.54, 1.807) is 25.3 Å². The summed E-state index contributed by atoms with van der Waals surface area (Å²) in [6.07, 6.45) is 7.77. The molecule has 5 nitrogen and oxygen atoms in total. The van der Waals surface area contributed by atoms with Gasteiger partial charge in [0.2, 0.25) is 5.91 Å². The van der Waals surface area contributed by atoms with Crippen LogP contribution in [-0.2, 0) is 16.6 Å². The number of benzene rings is 2. The van der Waals surface area contributed by atoms with Gasteiger partial charge >= 0.3 is 5.97 Å². The number of methoxy groups -OCH3 is 1. The summed E-state index contributed by atoms with van der Waals surface area (Å²) in [5.74, 6) is -0.253. The molecule has 192 valence electrons. The molecule has 1 amide bonds. The molecule has 0 saturated carbocycles. The van der Waals surface area contributed by atoms with Crippen LogP contribution in [0.5, 0.6) is 5.75 Å². The first-order chi connectivity index (χ1) is 16.6. The number of carbonyl (C=O) groups excluding carboxylic acids is 1. The fourth-order valence-electron chi connectivity index (χ4n) is 4.50. The van der Waals surface area contributed by atoms with E-state index in [9.17, 15) is 14.7 Å². The van der Waals surface area contributed by atoms with Crippen molar-refractivity contribution < 1.29 is 19.4 Å². The fourth-order valence-corrected chi connectivity index (χ4v) is 4.50. The Balaban J connectivity index is 2.33. The highest BCUT2D eigenvalue weighted by molar-refractivity contribution is 5.95. The Morgan fingerprint density at radius 2 is 1.71 bits per heavy atom. The van der Waals surface area contributed by atoms with Gasteiger partial charge in [0.25, 0.3) is 0 Å². The molecule has 0 fully saturated rings. The molecule has 2 aromatic rings. The average molecular weight is 482 g/mol. The predicted octanol–water partition coefficient (Wildman–Crippen LogP) is 7.73. The molecule has 0 heterocycles. The molecule has 35 heavy (non-hydrogen) atoms. The van der Waals surface area contributed by atoms with Crippen LogP contribution in [0.2, 0.25) is 0 Å². The number of aromatic carboxylic acids is 1. The van der Waals surface area contributed by atoms with Crippen LogP contribution >= 0.6 is 0 Å². The topological polar surface area (TPSA) is 75.6 Å². The molecule has 1 unspecified atom stereocenters. The highest BCUT2D eigenvalue weighted by Gasteiger charge is 2.24. The lowest BCUT2D eigenvalue weighted by Crippen LogP contribution is -2.21. The number of aryl methyl sites for hydroxylation is 1. The number of anilines is 1. The van der Waals surface area contributed by atoms with Gasteiger partial charge in [-0.05, 0) is 65.5 Å². The van der Waals surface area contributed by atoms with Gasteiger partial charge in [0.05, 0.1) is 12.7 Å². The molecule has 0 aliphatic heterocycles. The maximum absolute atomic E-state index is 13.3. The number of ether oxygens (including phenoxy) is 1. The SMILES string of the molecule is CCCCCC(CC(=O)Nc1cc(C(=O)O)ccc1C(C)(C)C)c1ccc(CCCC)cc1OC. The summed E-state index contributed by atoms with van der Waals surface area (Å²) in [6.45, 7) is 10.5. The highest BCUT2D eigenvalue weighted by Crippen LogP contribution is 2.35. The Morgan fingerprint density at radius 1 is 1.00 bits per heavy atom. The number of nitrogens with one attached hydrogen (secondary N) is 1. The number of hydrogen-bond donors (Lipinski definition) is 2. The van der Waals surface area contributed by atoms with Crippen LogP contribution in [0, 0.1) is 0 Å². The Morgan fingerprint density at radius 3 is 2.31 bits per heavy atom. The van der Waals surface area contributed by atoms with Crippen molar-refractivity contribution in [2.75, 3.05) is 12.4 Å². The summed E-state index contributed by atoms with van der Waals surface area (Å²) in [5.41, 5.74) is 3.72.